The Morgan fingerprint density at radius 2 is 1.78 bits per heavy atom. The van der Waals surface area contributed by atoms with Gasteiger partial charge in [0.05, 0.1) is 0 Å². The molecule has 0 N–H and O–H groups in total. The maximum atomic E-state index is 6.10. The van der Waals surface area contributed by atoms with Gasteiger partial charge in [-0.25, -0.2) is 0 Å². The second-order valence-corrected chi connectivity index (χ2v) is 5.14. The highest BCUT2D eigenvalue weighted by Crippen LogP contribution is 2.24. The molecular weight excluding hydrogens is 267 g/mol. The van der Waals surface area contributed by atoms with Gasteiger partial charge in [-0.15, -0.1) is 0 Å². The van der Waals surface area contributed by atoms with E-state index >= 15 is 0 Å². The second kappa shape index (κ2) is 5.64. The Morgan fingerprint density at radius 1 is 1.00 bits per heavy atom. The maximum Gasteiger partial charge on any atom is 0.122 e. The molecule has 94 valence electrons. The molecule has 3 heteroatoms. The molecular formula is C15H14Cl2O. The largest absolute Gasteiger partial charge is 0.489 e. The molecule has 0 bridgehead atoms. The number of benzene rings is 2. The van der Waals surface area contributed by atoms with E-state index in [0.717, 1.165) is 16.9 Å². The first-order chi connectivity index (χ1) is 8.56. The van der Waals surface area contributed by atoms with Gasteiger partial charge in [-0.05, 0) is 43.2 Å². The Kier molecular flexibility index (Phi) is 4.15. The van der Waals surface area contributed by atoms with Crippen LogP contribution in [0.5, 0.6) is 5.75 Å². The quantitative estimate of drug-likeness (QED) is 0.752. The van der Waals surface area contributed by atoms with Crippen LogP contribution in [0.4, 0.5) is 0 Å². The standard InChI is InChI=1S/C15H14Cl2O/c1-10-3-4-11(2)15(7-10)18-9-12-5-6-13(16)8-14(12)17/h3-8H,9H2,1-2H3. The van der Waals surface area contributed by atoms with E-state index in [2.05, 4.69) is 6.07 Å². The zero-order valence-corrected chi connectivity index (χ0v) is 11.8. The van der Waals surface area contributed by atoms with Gasteiger partial charge in [0.15, 0.2) is 0 Å². The Bertz CT molecular complexity index is 564. The molecule has 1 nitrogen and oxygen atoms in total. The van der Waals surface area contributed by atoms with Crippen LogP contribution in [0.3, 0.4) is 0 Å². The van der Waals surface area contributed by atoms with Gasteiger partial charge in [-0.2, -0.15) is 0 Å². The van der Waals surface area contributed by atoms with Gasteiger partial charge >= 0.3 is 0 Å². The topological polar surface area (TPSA) is 9.23 Å². The summed E-state index contributed by atoms with van der Waals surface area (Å²) in [6.07, 6.45) is 0. The van der Waals surface area contributed by atoms with Crippen molar-refractivity contribution in [3.8, 4) is 5.75 Å². The first kappa shape index (κ1) is 13.3. The molecule has 2 aromatic carbocycles. The first-order valence-corrected chi connectivity index (χ1v) is 6.46. The molecule has 2 rings (SSSR count). The Hall–Kier alpha value is -1.18. The normalized spacial score (nSPS) is 10.4. The highest BCUT2D eigenvalue weighted by atomic mass is 35.5. The third-order valence-electron chi connectivity index (χ3n) is 2.74. The summed E-state index contributed by atoms with van der Waals surface area (Å²) < 4.78 is 5.80. The van der Waals surface area contributed by atoms with Crippen molar-refractivity contribution >= 4 is 23.2 Å². The minimum Gasteiger partial charge on any atom is -0.489 e. The molecule has 0 aliphatic heterocycles. The lowest BCUT2D eigenvalue weighted by Crippen LogP contribution is -1.98. The number of hydrogen-bond acceptors (Lipinski definition) is 1. The van der Waals surface area contributed by atoms with Crippen molar-refractivity contribution in [1.29, 1.82) is 0 Å². The number of rotatable bonds is 3. The molecule has 18 heavy (non-hydrogen) atoms. The molecule has 0 atom stereocenters. The summed E-state index contributed by atoms with van der Waals surface area (Å²) in [6.45, 7) is 4.51. The molecule has 0 spiro atoms. The van der Waals surface area contributed by atoms with Gasteiger partial charge in [0.2, 0.25) is 0 Å². The van der Waals surface area contributed by atoms with Crippen molar-refractivity contribution in [1.82, 2.24) is 0 Å². The molecule has 0 aromatic heterocycles. The monoisotopic (exact) mass is 280 g/mol. The Morgan fingerprint density at radius 3 is 2.50 bits per heavy atom. The van der Waals surface area contributed by atoms with E-state index in [1.165, 1.54) is 5.56 Å². The van der Waals surface area contributed by atoms with E-state index in [0.29, 0.717) is 16.7 Å². The van der Waals surface area contributed by atoms with E-state index in [4.69, 9.17) is 27.9 Å². The van der Waals surface area contributed by atoms with Gasteiger partial charge in [0, 0.05) is 15.6 Å². The van der Waals surface area contributed by atoms with Crippen LogP contribution in [0.1, 0.15) is 16.7 Å². The number of hydrogen-bond donors (Lipinski definition) is 0. The average Bonchev–Trinajstić information content (AvgIpc) is 2.32. The summed E-state index contributed by atoms with van der Waals surface area (Å²) in [4.78, 5) is 0. The minimum atomic E-state index is 0.445. The number of halogens is 2. The molecule has 0 radical (unpaired) electrons. The predicted octanol–water partition coefficient (Wildman–Crippen LogP) is 5.19. The molecule has 2 aromatic rings. The van der Waals surface area contributed by atoms with Crippen LogP contribution < -0.4 is 4.74 Å². The van der Waals surface area contributed by atoms with Crippen LogP contribution in [0.25, 0.3) is 0 Å². The molecule has 0 fully saturated rings. The summed E-state index contributed by atoms with van der Waals surface area (Å²) in [7, 11) is 0. The Balaban J connectivity index is 2.13. The summed E-state index contributed by atoms with van der Waals surface area (Å²) in [5.41, 5.74) is 3.23. The van der Waals surface area contributed by atoms with Crippen LogP contribution in [-0.2, 0) is 6.61 Å². The third kappa shape index (κ3) is 3.18. The molecule has 0 saturated carbocycles. The van der Waals surface area contributed by atoms with E-state index < -0.39 is 0 Å². The molecule has 0 heterocycles. The fourth-order valence-corrected chi connectivity index (χ4v) is 2.12. The zero-order chi connectivity index (χ0) is 13.1. The predicted molar refractivity (Wildman–Crippen MR) is 76.7 cm³/mol. The van der Waals surface area contributed by atoms with Crippen LogP contribution in [-0.4, -0.2) is 0 Å². The van der Waals surface area contributed by atoms with Gasteiger partial charge in [-0.1, -0.05) is 41.4 Å². The second-order valence-electron chi connectivity index (χ2n) is 4.29. The van der Waals surface area contributed by atoms with Gasteiger partial charge in [0.25, 0.3) is 0 Å². The highest BCUT2D eigenvalue weighted by Gasteiger charge is 2.04. The lowest BCUT2D eigenvalue weighted by atomic mass is 10.1. The van der Waals surface area contributed by atoms with Crippen molar-refractivity contribution in [2.75, 3.05) is 0 Å². The fourth-order valence-electron chi connectivity index (χ4n) is 1.66. The fraction of sp³-hybridized carbons (Fsp3) is 0.200. The SMILES string of the molecule is Cc1ccc(C)c(OCc2ccc(Cl)cc2Cl)c1. The van der Waals surface area contributed by atoms with Crippen molar-refractivity contribution in [3.63, 3.8) is 0 Å². The van der Waals surface area contributed by atoms with Gasteiger partial charge in [-0.3, -0.25) is 0 Å². The van der Waals surface area contributed by atoms with E-state index in [1.807, 2.05) is 38.1 Å². The van der Waals surface area contributed by atoms with Crippen molar-refractivity contribution < 1.29 is 4.74 Å². The van der Waals surface area contributed by atoms with Crippen LogP contribution >= 0.6 is 23.2 Å². The van der Waals surface area contributed by atoms with E-state index in [1.54, 1.807) is 6.07 Å². The third-order valence-corrected chi connectivity index (χ3v) is 3.33. The lowest BCUT2D eigenvalue weighted by Gasteiger charge is -2.11. The van der Waals surface area contributed by atoms with Crippen molar-refractivity contribution in [3.05, 3.63) is 63.1 Å². The number of ether oxygens (including phenoxy) is 1. The molecule has 0 aliphatic rings. The van der Waals surface area contributed by atoms with Crippen LogP contribution in [0, 0.1) is 13.8 Å². The first-order valence-electron chi connectivity index (χ1n) is 5.70. The number of aryl methyl sites for hydroxylation is 2. The smallest absolute Gasteiger partial charge is 0.122 e. The molecule has 0 amide bonds. The van der Waals surface area contributed by atoms with Gasteiger partial charge < -0.3 is 4.74 Å². The minimum absolute atomic E-state index is 0.445. The highest BCUT2D eigenvalue weighted by molar-refractivity contribution is 6.35. The maximum absolute atomic E-state index is 6.10. The van der Waals surface area contributed by atoms with Crippen LogP contribution in [0.2, 0.25) is 10.0 Å². The summed E-state index contributed by atoms with van der Waals surface area (Å²) in [6, 6.07) is 11.6. The summed E-state index contributed by atoms with van der Waals surface area (Å²) >= 11 is 12.0. The lowest BCUT2D eigenvalue weighted by molar-refractivity contribution is 0.304. The van der Waals surface area contributed by atoms with Crippen LogP contribution in [0.15, 0.2) is 36.4 Å². The Labute approximate surface area is 117 Å². The van der Waals surface area contributed by atoms with Crippen molar-refractivity contribution in [2.45, 2.75) is 20.5 Å². The van der Waals surface area contributed by atoms with E-state index in [9.17, 15) is 0 Å². The molecule has 0 unspecified atom stereocenters. The molecule has 0 aliphatic carbocycles. The van der Waals surface area contributed by atoms with Gasteiger partial charge in [0.1, 0.15) is 12.4 Å². The van der Waals surface area contributed by atoms with Crippen molar-refractivity contribution in [2.24, 2.45) is 0 Å². The summed E-state index contributed by atoms with van der Waals surface area (Å²) in [5, 5.41) is 1.27. The zero-order valence-electron chi connectivity index (χ0n) is 10.3. The summed E-state index contributed by atoms with van der Waals surface area (Å²) in [5.74, 6) is 0.890. The van der Waals surface area contributed by atoms with E-state index in [-0.39, 0.29) is 0 Å². The average molecular weight is 281 g/mol. The molecule has 0 saturated heterocycles.